The Balaban J connectivity index is 1.68. The molecule has 0 aromatic heterocycles. The van der Waals surface area contributed by atoms with Crippen LogP contribution in [0.15, 0.2) is 0 Å². The number of aliphatic hydroxyl groups excluding tert-OH is 15. The van der Waals surface area contributed by atoms with Crippen LogP contribution in [0.5, 0.6) is 0 Å². The maximum atomic E-state index is 12.6. The summed E-state index contributed by atoms with van der Waals surface area (Å²) >= 11 is 0. The van der Waals surface area contributed by atoms with E-state index in [2.05, 4.69) is 5.32 Å². The molecule has 0 aromatic carbocycles. The van der Waals surface area contributed by atoms with Gasteiger partial charge in [-0.25, -0.2) is 0 Å². The third-order valence-electron chi connectivity index (χ3n) is 10.2. The van der Waals surface area contributed by atoms with E-state index in [9.17, 15) is 86.2 Å². The van der Waals surface area contributed by atoms with Crippen molar-refractivity contribution in [1.82, 2.24) is 5.32 Å². The second-order valence-corrected chi connectivity index (χ2v) is 14.3. The lowest BCUT2D eigenvalue weighted by Crippen LogP contribution is -2.70. The number of amides is 1. The quantitative estimate of drug-likeness (QED) is 0.0604. The average molecular weight is 854 g/mol. The number of hydrogen-bond donors (Lipinski definition) is 16. The van der Waals surface area contributed by atoms with Gasteiger partial charge in [0.05, 0.1) is 32.5 Å². The molecule has 4 aliphatic heterocycles. The van der Waals surface area contributed by atoms with Gasteiger partial charge in [-0.3, -0.25) is 4.79 Å². The van der Waals surface area contributed by atoms with Crippen LogP contribution in [0.25, 0.3) is 0 Å². The van der Waals surface area contributed by atoms with Gasteiger partial charge in [0.1, 0.15) is 116 Å². The summed E-state index contributed by atoms with van der Waals surface area (Å²) in [5.74, 6) is -0.849. The number of hydrogen-bond acceptors (Lipinski definition) is 25. The molecule has 16 N–H and O–H groups in total. The summed E-state index contributed by atoms with van der Waals surface area (Å²) in [6.07, 6.45) is -43.8. The van der Waals surface area contributed by atoms with Crippen molar-refractivity contribution in [2.24, 2.45) is 0 Å². The van der Waals surface area contributed by atoms with Crippen LogP contribution in [-0.4, -0.2) is 262 Å². The van der Waals surface area contributed by atoms with Crippen molar-refractivity contribution >= 4 is 12.2 Å². The van der Waals surface area contributed by atoms with Gasteiger partial charge in [0.2, 0.25) is 5.91 Å². The fourth-order valence-electron chi connectivity index (χ4n) is 6.89. The van der Waals surface area contributed by atoms with Gasteiger partial charge in [-0.2, -0.15) is 0 Å². The fraction of sp³-hybridized carbons (Fsp3) is 0.938. The largest absolute Gasteiger partial charge is 0.394 e. The number of aliphatic hydroxyl groups is 15. The first-order valence-corrected chi connectivity index (χ1v) is 18.2. The number of rotatable bonds is 17. The van der Waals surface area contributed by atoms with E-state index in [-0.39, 0.29) is 6.29 Å². The molecule has 1 amide bonds. The van der Waals surface area contributed by atoms with Crippen molar-refractivity contribution in [3.63, 3.8) is 0 Å². The molecule has 26 heteroatoms. The van der Waals surface area contributed by atoms with E-state index in [1.165, 1.54) is 6.92 Å². The van der Waals surface area contributed by atoms with Gasteiger partial charge in [0.25, 0.3) is 0 Å². The average Bonchev–Trinajstić information content (AvgIpc) is 3.20. The Morgan fingerprint density at radius 1 is 0.621 bits per heavy atom. The molecule has 58 heavy (non-hydrogen) atoms. The van der Waals surface area contributed by atoms with Crippen molar-refractivity contribution < 1.29 is 124 Å². The zero-order valence-corrected chi connectivity index (χ0v) is 31.1. The highest BCUT2D eigenvalue weighted by molar-refractivity contribution is 5.73. The van der Waals surface area contributed by atoms with Crippen LogP contribution in [0, 0.1) is 0 Å². The van der Waals surface area contributed by atoms with E-state index in [0.29, 0.717) is 0 Å². The maximum absolute atomic E-state index is 12.6. The van der Waals surface area contributed by atoms with Crippen molar-refractivity contribution in [3.8, 4) is 0 Å². The van der Waals surface area contributed by atoms with Crippen molar-refractivity contribution in [3.05, 3.63) is 0 Å². The first-order chi connectivity index (χ1) is 27.3. The Kier molecular flexibility index (Phi) is 18.0. The Morgan fingerprint density at radius 2 is 1.14 bits per heavy atom. The Labute approximate surface area is 329 Å². The van der Waals surface area contributed by atoms with Crippen LogP contribution in [-0.2, 0) is 47.5 Å². The molecule has 0 bridgehead atoms. The van der Waals surface area contributed by atoms with Gasteiger partial charge in [-0.1, -0.05) is 0 Å². The minimum absolute atomic E-state index is 0.120. The summed E-state index contributed by atoms with van der Waals surface area (Å²) in [5.41, 5.74) is 0. The van der Waals surface area contributed by atoms with Crippen LogP contribution in [0.4, 0.5) is 0 Å². The van der Waals surface area contributed by atoms with Gasteiger partial charge in [0.15, 0.2) is 31.4 Å². The highest BCUT2D eigenvalue weighted by Crippen LogP contribution is 2.35. The standard InChI is InChI=1S/C32H55NO25/c1-8-16(42)21(47)23(49)30(51-8)58-28-22(48)18(44)12(5-36)54-32(28)56-26-15(33-9(2)39)29(52-13(6-37)19(26)45)57-27-20(46)14(7-38)53-31(24(27)50)55-25(11(41)4-35)17(43)10(40)3-34/h3,8,10-32,35-38,40-50H,4-7H2,1-2H3,(H,33,39)/t8-,10-,11+,12+,13+,14+,15+,16+,17+,18-,19+,20+,21?,22-,23-,24+,25+,26+,27+,28+,29-,30-,31-,32-/m0/s1. The van der Waals surface area contributed by atoms with Crippen LogP contribution in [0.2, 0.25) is 0 Å². The minimum Gasteiger partial charge on any atom is -0.394 e. The van der Waals surface area contributed by atoms with E-state index in [0.717, 1.165) is 6.92 Å². The predicted octanol–water partition coefficient (Wildman–Crippen LogP) is -10.9. The molecule has 0 spiro atoms. The van der Waals surface area contributed by atoms with Crippen molar-refractivity contribution in [2.75, 3.05) is 26.4 Å². The minimum atomic E-state index is -2.22. The van der Waals surface area contributed by atoms with E-state index in [1.807, 2.05) is 0 Å². The molecule has 0 saturated carbocycles. The Morgan fingerprint density at radius 3 is 1.69 bits per heavy atom. The number of carbonyl (C=O) groups is 2. The van der Waals surface area contributed by atoms with Crippen molar-refractivity contribution in [2.45, 2.75) is 161 Å². The first-order valence-electron chi connectivity index (χ1n) is 18.2. The van der Waals surface area contributed by atoms with Crippen LogP contribution in [0.1, 0.15) is 13.8 Å². The molecular formula is C32H55NO25. The summed E-state index contributed by atoms with van der Waals surface area (Å²) in [4.78, 5) is 23.7. The molecule has 338 valence electrons. The van der Waals surface area contributed by atoms with Gasteiger partial charge in [-0.15, -0.1) is 0 Å². The number of ether oxygens (including phenoxy) is 8. The lowest BCUT2D eigenvalue weighted by Gasteiger charge is -2.50. The molecule has 26 nitrogen and oxygen atoms in total. The van der Waals surface area contributed by atoms with Crippen LogP contribution in [0.3, 0.4) is 0 Å². The Hall–Kier alpha value is -1.78. The molecule has 4 saturated heterocycles. The topological polar surface area (TPSA) is 423 Å². The molecular weight excluding hydrogens is 798 g/mol. The number of carbonyl (C=O) groups excluding carboxylic acids is 2. The van der Waals surface area contributed by atoms with E-state index in [4.69, 9.17) is 37.9 Å². The second-order valence-electron chi connectivity index (χ2n) is 14.3. The lowest BCUT2D eigenvalue weighted by molar-refractivity contribution is -0.387. The van der Waals surface area contributed by atoms with Gasteiger partial charge in [-0.05, 0) is 6.92 Å². The first kappa shape index (κ1) is 48.9. The molecule has 0 radical (unpaired) electrons. The predicted molar refractivity (Wildman–Crippen MR) is 178 cm³/mol. The number of nitrogens with one attached hydrogen (secondary N) is 1. The molecule has 0 aromatic rings. The fourth-order valence-corrected chi connectivity index (χ4v) is 6.89. The molecule has 24 atom stereocenters. The van der Waals surface area contributed by atoms with E-state index < -0.39 is 180 Å². The van der Waals surface area contributed by atoms with Gasteiger partial charge < -0.3 is 125 Å². The zero-order chi connectivity index (χ0) is 43.3. The number of aldehydes is 1. The molecule has 4 rings (SSSR count). The van der Waals surface area contributed by atoms with Crippen LogP contribution >= 0.6 is 0 Å². The highest BCUT2D eigenvalue weighted by atomic mass is 16.8. The monoisotopic (exact) mass is 853 g/mol. The maximum Gasteiger partial charge on any atom is 0.217 e. The third kappa shape index (κ3) is 10.6. The zero-order valence-electron chi connectivity index (χ0n) is 31.1. The summed E-state index contributed by atoms with van der Waals surface area (Å²) in [6.45, 7) is -1.71. The smallest absolute Gasteiger partial charge is 0.217 e. The lowest BCUT2D eigenvalue weighted by atomic mass is 9.94. The summed E-state index contributed by atoms with van der Waals surface area (Å²) in [7, 11) is 0. The van der Waals surface area contributed by atoms with Crippen LogP contribution < -0.4 is 5.32 Å². The molecule has 1 unspecified atom stereocenters. The van der Waals surface area contributed by atoms with Crippen molar-refractivity contribution in [1.29, 1.82) is 0 Å². The molecule has 4 aliphatic rings. The van der Waals surface area contributed by atoms with E-state index in [1.54, 1.807) is 0 Å². The molecule has 0 aliphatic carbocycles. The van der Waals surface area contributed by atoms with Gasteiger partial charge in [0, 0.05) is 6.92 Å². The summed E-state index contributed by atoms with van der Waals surface area (Å²) in [5, 5.41) is 159. The molecule has 4 heterocycles. The normalized spacial score (nSPS) is 45.8. The highest BCUT2D eigenvalue weighted by Gasteiger charge is 2.56. The van der Waals surface area contributed by atoms with Gasteiger partial charge >= 0.3 is 0 Å². The van der Waals surface area contributed by atoms with E-state index >= 15 is 0 Å². The summed E-state index contributed by atoms with van der Waals surface area (Å²) in [6, 6.07) is -1.76. The summed E-state index contributed by atoms with van der Waals surface area (Å²) < 4.78 is 45.3. The second kappa shape index (κ2) is 21.3. The third-order valence-corrected chi connectivity index (χ3v) is 10.2. The Bertz CT molecular complexity index is 1290. The molecule has 4 fully saturated rings. The SMILES string of the molecule is CC(=O)N[C@H]1[C@H](O[C@H]2[C@@H](O)[C@H](O[C@@H]([C@H](O)[C@@H](O)C=O)[C@H](O)CO)O[C@H](CO)[C@H]2O)O[C@H](CO)[C@@H](O)[C@@H]1O[C@@H]1O[C@H](CO)[C@H](O)[C@H](O)[C@H]1O[C@@H]1O[C@@H](C)[C@@H](O)C(O)[C@@H]1O.